The van der Waals surface area contributed by atoms with E-state index >= 15 is 4.39 Å². The molecular formula is C35H32ClF2N5O3. The molecule has 1 aromatic heterocycles. The fourth-order valence-corrected chi connectivity index (χ4v) is 9.10. The highest BCUT2D eigenvalue weighted by atomic mass is 35.5. The molecule has 11 heteroatoms. The lowest BCUT2D eigenvalue weighted by Gasteiger charge is -2.40. The molecule has 4 saturated heterocycles. The lowest BCUT2D eigenvalue weighted by Crippen LogP contribution is -2.60. The molecule has 4 aromatic rings. The van der Waals surface area contributed by atoms with Crippen molar-refractivity contribution in [3.63, 3.8) is 0 Å². The van der Waals surface area contributed by atoms with Gasteiger partial charge < -0.3 is 24.8 Å². The van der Waals surface area contributed by atoms with Crippen molar-refractivity contribution in [1.29, 1.82) is 0 Å². The summed E-state index contributed by atoms with van der Waals surface area (Å²) in [6.07, 6.45) is 9.18. The van der Waals surface area contributed by atoms with Gasteiger partial charge in [0.15, 0.2) is 11.6 Å². The number of hydrogen-bond acceptors (Lipinski definition) is 8. The number of alkyl halides is 1. The molecule has 2 N–H and O–H groups in total. The summed E-state index contributed by atoms with van der Waals surface area (Å²) in [6.45, 7) is 2.41. The number of anilines is 1. The number of rotatable bonds is 4. The third-order valence-corrected chi connectivity index (χ3v) is 11.1. The van der Waals surface area contributed by atoms with Crippen molar-refractivity contribution in [2.45, 2.75) is 61.9 Å². The number of aromatic nitrogens is 2. The average Bonchev–Trinajstić information content (AvgIpc) is 3.67. The van der Waals surface area contributed by atoms with E-state index in [4.69, 9.17) is 32.5 Å². The Morgan fingerprint density at radius 1 is 1.22 bits per heavy atom. The lowest BCUT2D eigenvalue weighted by atomic mass is 9.93. The normalized spacial score (nSPS) is 28.2. The summed E-state index contributed by atoms with van der Waals surface area (Å²) in [5.74, 6) is 2.74. The van der Waals surface area contributed by atoms with Gasteiger partial charge >= 0.3 is 6.01 Å². The molecule has 0 aliphatic carbocycles. The van der Waals surface area contributed by atoms with Gasteiger partial charge in [0.05, 0.1) is 22.0 Å². The van der Waals surface area contributed by atoms with Crippen LogP contribution in [0.4, 0.5) is 14.6 Å². The fourth-order valence-electron chi connectivity index (χ4n) is 8.76. The van der Waals surface area contributed by atoms with Crippen LogP contribution >= 0.6 is 11.6 Å². The standard InChI is InChI=1S/C35H32ClF2N5O3/c1-2-18-5-3-6-19-11-22(44)12-23(26(18)19)27-29(36)32-28-31(30(27)38)40-34(46-17-35-9-4-10-42(35)14-20(37)13-35)41-33(28)43-15-21-7-8-24(39-21)25(43)16-45-32/h1,3,5-6,11-12,20-21,24-25,39,44H,4,7-10,13-17H2/t20-,21+,24-,25+,35+/m1/s1. The second kappa shape index (κ2) is 10.3. The molecule has 5 aliphatic heterocycles. The Hall–Kier alpha value is -3.91. The van der Waals surface area contributed by atoms with Crippen molar-refractivity contribution in [3.05, 3.63) is 46.7 Å². The zero-order valence-corrected chi connectivity index (χ0v) is 25.8. The lowest BCUT2D eigenvalue weighted by molar-refractivity contribution is 0.107. The van der Waals surface area contributed by atoms with Crippen molar-refractivity contribution >= 4 is 39.1 Å². The number of nitrogens with one attached hydrogen (secondary N) is 1. The molecule has 9 rings (SSSR count). The first-order chi connectivity index (χ1) is 22.3. The van der Waals surface area contributed by atoms with Crippen molar-refractivity contribution in [2.75, 3.05) is 37.7 Å². The van der Waals surface area contributed by atoms with E-state index in [1.807, 2.05) is 0 Å². The van der Waals surface area contributed by atoms with Crippen LogP contribution in [0.1, 0.15) is 37.7 Å². The van der Waals surface area contributed by atoms with Crippen LogP contribution in [0.3, 0.4) is 0 Å². The van der Waals surface area contributed by atoms with Crippen LogP contribution in [0.5, 0.6) is 17.5 Å². The van der Waals surface area contributed by atoms with Gasteiger partial charge in [-0.15, -0.1) is 6.42 Å². The van der Waals surface area contributed by atoms with E-state index in [0.29, 0.717) is 59.2 Å². The zero-order valence-electron chi connectivity index (χ0n) is 25.0. The molecule has 0 amide bonds. The van der Waals surface area contributed by atoms with Crippen LogP contribution < -0.4 is 19.7 Å². The second-order valence-electron chi connectivity index (χ2n) is 13.4. The molecular weight excluding hydrogens is 612 g/mol. The Morgan fingerprint density at radius 3 is 2.98 bits per heavy atom. The molecule has 8 nitrogen and oxygen atoms in total. The van der Waals surface area contributed by atoms with E-state index in [-0.39, 0.29) is 58.3 Å². The highest BCUT2D eigenvalue weighted by Crippen LogP contribution is 2.51. The number of aromatic hydroxyl groups is 1. The van der Waals surface area contributed by atoms with E-state index in [1.165, 1.54) is 6.07 Å². The van der Waals surface area contributed by atoms with Gasteiger partial charge in [0.1, 0.15) is 36.5 Å². The number of terminal acetylenes is 1. The number of fused-ring (bicyclic) bond motifs is 7. The third-order valence-electron chi connectivity index (χ3n) is 10.8. The molecule has 5 aliphatic rings. The smallest absolute Gasteiger partial charge is 0.319 e. The summed E-state index contributed by atoms with van der Waals surface area (Å²) in [5, 5.41) is 16.1. The molecule has 4 fully saturated rings. The number of ether oxygens (including phenoxy) is 2. The van der Waals surface area contributed by atoms with Crippen molar-refractivity contribution < 1.29 is 23.4 Å². The van der Waals surface area contributed by atoms with Gasteiger partial charge in [0.25, 0.3) is 0 Å². The van der Waals surface area contributed by atoms with E-state index in [1.54, 1.807) is 24.3 Å². The second-order valence-corrected chi connectivity index (χ2v) is 13.7. The number of hydrogen-bond donors (Lipinski definition) is 2. The number of phenols is 1. The average molecular weight is 644 g/mol. The summed E-state index contributed by atoms with van der Waals surface area (Å²) in [5.41, 5.74) is 0.473. The maximum Gasteiger partial charge on any atom is 0.319 e. The number of piperazine rings is 1. The van der Waals surface area contributed by atoms with Crippen LogP contribution in [0, 0.1) is 18.2 Å². The Kier molecular flexibility index (Phi) is 6.34. The quantitative estimate of drug-likeness (QED) is 0.279. The van der Waals surface area contributed by atoms with Crippen molar-refractivity contribution in [1.82, 2.24) is 20.2 Å². The van der Waals surface area contributed by atoms with Gasteiger partial charge in [0.2, 0.25) is 0 Å². The Labute approximate surface area is 269 Å². The van der Waals surface area contributed by atoms with Gasteiger partial charge in [-0.05, 0) is 61.4 Å². The first kappa shape index (κ1) is 28.3. The topological polar surface area (TPSA) is 83.0 Å². The van der Waals surface area contributed by atoms with E-state index < -0.39 is 17.5 Å². The van der Waals surface area contributed by atoms with E-state index in [9.17, 15) is 9.50 Å². The van der Waals surface area contributed by atoms with Crippen LogP contribution in [-0.2, 0) is 0 Å². The summed E-state index contributed by atoms with van der Waals surface area (Å²) in [7, 11) is 0. The number of phenolic OH excluding ortho intramolecular Hbond substituents is 1. The van der Waals surface area contributed by atoms with Gasteiger partial charge in [0, 0.05) is 48.1 Å². The number of benzene rings is 3. The van der Waals surface area contributed by atoms with E-state index in [0.717, 1.165) is 32.2 Å². The monoisotopic (exact) mass is 643 g/mol. The maximum atomic E-state index is 17.2. The Morgan fingerprint density at radius 2 is 2.11 bits per heavy atom. The highest BCUT2D eigenvalue weighted by molar-refractivity contribution is 6.37. The summed E-state index contributed by atoms with van der Waals surface area (Å²) in [4.78, 5) is 13.9. The predicted octanol–water partition coefficient (Wildman–Crippen LogP) is 5.59. The van der Waals surface area contributed by atoms with Gasteiger partial charge in [-0.1, -0.05) is 29.7 Å². The Balaban J connectivity index is 1.27. The van der Waals surface area contributed by atoms with Crippen LogP contribution in [0.2, 0.25) is 5.02 Å². The molecule has 0 unspecified atom stereocenters. The molecule has 3 aromatic carbocycles. The molecule has 5 atom stereocenters. The first-order valence-electron chi connectivity index (χ1n) is 16.0. The molecule has 6 heterocycles. The predicted molar refractivity (Wildman–Crippen MR) is 172 cm³/mol. The van der Waals surface area contributed by atoms with Crippen molar-refractivity contribution in [3.8, 4) is 41.0 Å². The minimum absolute atomic E-state index is 0.00572. The zero-order chi connectivity index (χ0) is 31.3. The minimum atomic E-state index is -0.907. The van der Waals surface area contributed by atoms with Crippen LogP contribution in [-0.4, -0.2) is 82.7 Å². The molecule has 46 heavy (non-hydrogen) atoms. The summed E-state index contributed by atoms with van der Waals surface area (Å²) < 4.78 is 44.6. The van der Waals surface area contributed by atoms with Crippen LogP contribution in [0.15, 0.2) is 30.3 Å². The SMILES string of the molecule is C#Cc1cccc2cc(O)cc(-c3c(Cl)c4c5c(nc(OC[C@@]67CCCN6C[C@H](F)C7)nc5c3F)N3C[C@@H]5CC[C@@H](N5)[C@@H]3CO4)c12. The number of halogens is 3. The maximum absolute atomic E-state index is 17.2. The van der Waals surface area contributed by atoms with Gasteiger partial charge in [-0.25, -0.2) is 8.78 Å². The number of nitrogens with zero attached hydrogens (tertiary/aromatic N) is 4. The summed E-state index contributed by atoms with van der Waals surface area (Å²) in [6, 6.07) is 8.81. The highest BCUT2D eigenvalue weighted by Gasteiger charge is 2.50. The van der Waals surface area contributed by atoms with Crippen LogP contribution in [0.25, 0.3) is 32.8 Å². The fraction of sp³-hybridized carbons (Fsp3) is 0.429. The summed E-state index contributed by atoms with van der Waals surface area (Å²) >= 11 is 7.13. The molecule has 0 radical (unpaired) electrons. The minimum Gasteiger partial charge on any atom is -0.508 e. The molecule has 0 saturated carbocycles. The molecule has 2 bridgehead atoms. The molecule has 0 spiro atoms. The van der Waals surface area contributed by atoms with Gasteiger partial charge in [-0.3, -0.25) is 4.90 Å². The van der Waals surface area contributed by atoms with Crippen molar-refractivity contribution in [2.24, 2.45) is 0 Å². The van der Waals surface area contributed by atoms with E-state index in [2.05, 4.69) is 26.0 Å². The third kappa shape index (κ3) is 4.11. The molecule has 236 valence electrons. The Bertz CT molecular complexity index is 1990. The van der Waals surface area contributed by atoms with Gasteiger partial charge in [-0.2, -0.15) is 9.97 Å². The largest absolute Gasteiger partial charge is 0.508 e. The first-order valence-corrected chi connectivity index (χ1v) is 16.3.